The van der Waals surface area contributed by atoms with Gasteiger partial charge in [0.1, 0.15) is 5.75 Å². The van der Waals surface area contributed by atoms with Gasteiger partial charge in [-0.3, -0.25) is 9.59 Å². The van der Waals surface area contributed by atoms with E-state index in [4.69, 9.17) is 4.74 Å². The Balaban J connectivity index is 1.93. The molecule has 0 fully saturated rings. The van der Waals surface area contributed by atoms with Crippen LogP contribution in [-0.4, -0.2) is 38.6 Å². The van der Waals surface area contributed by atoms with E-state index in [0.717, 1.165) is 12.1 Å². The number of likely N-dealkylation sites (N-methyl/N-ethyl adjacent to an activating group) is 1. The fraction of sp³-hybridized carbons (Fsp3) is 0.300. The second-order valence-electron chi connectivity index (χ2n) is 6.33. The molecule has 9 heteroatoms. The van der Waals surface area contributed by atoms with E-state index in [-0.39, 0.29) is 24.7 Å². The minimum Gasteiger partial charge on any atom is -0.495 e. The second-order valence-corrected chi connectivity index (χ2v) is 6.33. The van der Waals surface area contributed by atoms with Crippen LogP contribution >= 0.6 is 0 Å². The summed E-state index contributed by atoms with van der Waals surface area (Å²) in [5.41, 5.74) is -0.270. The number of quaternary nitrogens is 1. The van der Waals surface area contributed by atoms with Gasteiger partial charge >= 0.3 is 6.18 Å². The lowest BCUT2D eigenvalue weighted by molar-refractivity contribution is -0.881. The van der Waals surface area contributed by atoms with Gasteiger partial charge in [0.05, 0.1) is 24.9 Å². The molecule has 0 spiro atoms. The molecule has 0 saturated heterocycles. The van der Waals surface area contributed by atoms with Crippen LogP contribution in [0.25, 0.3) is 0 Å². The summed E-state index contributed by atoms with van der Waals surface area (Å²) in [5.74, 6) is -0.273. The first-order valence-electron chi connectivity index (χ1n) is 8.96. The molecule has 1 unspecified atom stereocenters. The summed E-state index contributed by atoms with van der Waals surface area (Å²) in [4.78, 5) is 25.2. The van der Waals surface area contributed by atoms with Gasteiger partial charge in [-0.15, -0.1) is 0 Å². The van der Waals surface area contributed by atoms with Crippen LogP contribution < -0.4 is 20.3 Å². The predicted molar refractivity (Wildman–Crippen MR) is 103 cm³/mol. The zero-order valence-electron chi connectivity index (χ0n) is 16.1. The number of halogens is 3. The molecular weight excluding hydrogens is 387 g/mol. The van der Waals surface area contributed by atoms with Crippen molar-refractivity contribution < 1.29 is 32.4 Å². The molecule has 2 aromatic carbocycles. The maximum Gasteiger partial charge on any atom is 0.416 e. The third kappa shape index (κ3) is 6.79. The van der Waals surface area contributed by atoms with Gasteiger partial charge in [0.15, 0.2) is 13.1 Å². The van der Waals surface area contributed by atoms with Crippen molar-refractivity contribution in [2.75, 3.05) is 37.4 Å². The van der Waals surface area contributed by atoms with Gasteiger partial charge in [0, 0.05) is 5.69 Å². The Morgan fingerprint density at radius 1 is 1.00 bits per heavy atom. The maximum absolute atomic E-state index is 12.8. The summed E-state index contributed by atoms with van der Waals surface area (Å²) in [6.45, 7) is 2.25. The molecule has 0 aliphatic carbocycles. The molecule has 0 radical (unpaired) electrons. The van der Waals surface area contributed by atoms with Gasteiger partial charge < -0.3 is 20.3 Å². The zero-order chi connectivity index (χ0) is 21.4. The highest BCUT2D eigenvalue weighted by Crippen LogP contribution is 2.30. The Morgan fingerprint density at radius 3 is 2.28 bits per heavy atom. The Kier molecular flexibility index (Phi) is 7.60. The van der Waals surface area contributed by atoms with E-state index in [9.17, 15) is 22.8 Å². The summed E-state index contributed by atoms with van der Waals surface area (Å²) >= 11 is 0. The fourth-order valence-corrected chi connectivity index (χ4v) is 2.69. The fourth-order valence-electron chi connectivity index (χ4n) is 2.69. The Bertz CT molecular complexity index is 856. The van der Waals surface area contributed by atoms with E-state index in [0.29, 0.717) is 22.9 Å². The summed E-state index contributed by atoms with van der Waals surface area (Å²) < 4.78 is 43.5. The van der Waals surface area contributed by atoms with Crippen LogP contribution in [0.5, 0.6) is 5.75 Å². The van der Waals surface area contributed by atoms with Gasteiger partial charge in [0.2, 0.25) is 0 Å². The Hall–Kier alpha value is -3.07. The average molecular weight is 410 g/mol. The first-order chi connectivity index (χ1) is 13.7. The summed E-state index contributed by atoms with van der Waals surface area (Å²) in [6.07, 6.45) is -4.49. The normalized spacial score (nSPS) is 12.2. The van der Waals surface area contributed by atoms with Crippen LogP contribution in [0.15, 0.2) is 48.5 Å². The first kappa shape index (κ1) is 22.2. The van der Waals surface area contributed by atoms with Crippen LogP contribution in [-0.2, 0) is 15.8 Å². The van der Waals surface area contributed by atoms with E-state index in [1.54, 1.807) is 24.3 Å². The molecule has 29 heavy (non-hydrogen) atoms. The molecule has 0 bridgehead atoms. The number of alkyl halides is 3. The third-order valence-corrected chi connectivity index (χ3v) is 4.18. The highest BCUT2D eigenvalue weighted by atomic mass is 19.4. The van der Waals surface area contributed by atoms with Crippen molar-refractivity contribution in [3.05, 3.63) is 54.1 Å². The number of benzene rings is 2. The van der Waals surface area contributed by atoms with Gasteiger partial charge in [-0.1, -0.05) is 18.2 Å². The van der Waals surface area contributed by atoms with Gasteiger partial charge in [-0.25, -0.2) is 0 Å². The lowest BCUT2D eigenvalue weighted by atomic mass is 10.2. The standard InChI is InChI=1S/C20H22F3N3O3/c1-3-26(13-19(28)25-16-9-4-5-10-17(16)29-2)12-18(27)24-15-8-6-7-14(11-15)20(21,22)23/h4-11H,3,12-13H2,1-2H3,(H,24,27)(H,25,28)/p+1. The molecule has 6 nitrogen and oxygen atoms in total. The first-order valence-corrected chi connectivity index (χ1v) is 8.96. The number of hydrogen-bond donors (Lipinski definition) is 3. The second kappa shape index (κ2) is 9.92. The average Bonchev–Trinajstić information content (AvgIpc) is 2.67. The topological polar surface area (TPSA) is 71.9 Å². The van der Waals surface area contributed by atoms with E-state index < -0.39 is 17.6 Å². The highest BCUT2D eigenvalue weighted by molar-refractivity contribution is 5.94. The van der Waals surface area contributed by atoms with E-state index in [1.165, 1.54) is 19.2 Å². The molecule has 3 N–H and O–H groups in total. The van der Waals surface area contributed by atoms with Crippen molar-refractivity contribution in [2.45, 2.75) is 13.1 Å². The van der Waals surface area contributed by atoms with Crippen LogP contribution in [0.4, 0.5) is 24.5 Å². The van der Waals surface area contributed by atoms with Crippen molar-refractivity contribution in [3.8, 4) is 5.75 Å². The van der Waals surface area contributed by atoms with Crippen LogP contribution in [0, 0.1) is 0 Å². The quantitative estimate of drug-likeness (QED) is 0.625. The number of carbonyl (C=O) groups is 2. The molecular formula is C20H23F3N3O3+. The van der Waals surface area contributed by atoms with Crippen LogP contribution in [0.2, 0.25) is 0 Å². The third-order valence-electron chi connectivity index (χ3n) is 4.18. The molecule has 0 aliphatic rings. The van der Waals surface area contributed by atoms with Crippen molar-refractivity contribution in [3.63, 3.8) is 0 Å². The zero-order valence-corrected chi connectivity index (χ0v) is 16.1. The van der Waals surface area contributed by atoms with Crippen molar-refractivity contribution in [1.82, 2.24) is 0 Å². The molecule has 156 valence electrons. The van der Waals surface area contributed by atoms with E-state index >= 15 is 0 Å². The number of nitrogens with one attached hydrogen (secondary N) is 3. The van der Waals surface area contributed by atoms with Crippen molar-refractivity contribution in [1.29, 1.82) is 0 Å². The maximum atomic E-state index is 12.8. The number of amides is 2. The molecule has 1 atom stereocenters. The number of para-hydroxylation sites is 2. The minimum atomic E-state index is -4.49. The predicted octanol–water partition coefficient (Wildman–Crippen LogP) is 2.20. The van der Waals surface area contributed by atoms with Crippen molar-refractivity contribution >= 4 is 23.2 Å². The summed E-state index contributed by atoms with van der Waals surface area (Å²) in [7, 11) is 1.49. The van der Waals surface area contributed by atoms with Gasteiger partial charge in [-0.2, -0.15) is 13.2 Å². The lowest BCUT2D eigenvalue weighted by Crippen LogP contribution is -3.13. The summed E-state index contributed by atoms with van der Waals surface area (Å²) in [5, 5.41) is 5.18. The van der Waals surface area contributed by atoms with Crippen molar-refractivity contribution in [2.24, 2.45) is 0 Å². The largest absolute Gasteiger partial charge is 0.495 e. The SMILES string of the molecule is CC[NH+](CC(=O)Nc1cccc(C(F)(F)F)c1)CC(=O)Nc1ccccc1OC. The number of carbonyl (C=O) groups excluding carboxylic acids is 2. The molecule has 2 amide bonds. The Morgan fingerprint density at radius 2 is 1.66 bits per heavy atom. The monoisotopic (exact) mass is 410 g/mol. The van der Waals surface area contributed by atoms with Gasteiger partial charge in [-0.05, 0) is 37.3 Å². The number of anilines is 2. The van der Waals surface area contributed by atoms with E-state index in [2.05, 4.69) is 10.6 Å². The van der Waals surface area contributed by atoms with Gasteiger partial charge in [0.25, 0.3) is 11.8 Å². The highest BCUT2D eigenvalue weighted by Gasteiger charge is 2.30. The van der Waals surface area contributed by atoms with E-state index in [1.807, 2.05) is 6.92 Å². The molecule has 2 aromatic rings. The Labute approximate surface area is 166 Å². The molecule has 0 heterocycles. The number of methoxy groups -OCH3 is 1. The smallest absolute Gasteiger partial charge is 0.416 e. The molecule has 0 aliphatic heterocycles. The van der Waals surface area contributed by atoms with Crippen LogP contribution in [0.1, 0.15) is 12.5 Å². The number of ether oxygens (including phenoxy) is 1. The number of hydrogen-bond acceptors (Lipinski definition) is 3. The lowest BCUT2D eigenvalue weighted by Gasteiger charge is -2.18. The molecule has 2 rings (SSSR count). The summed E-state index contributed by atoms with van der Waals surface area (Å²) in [6, 6.07) is 11.3. The minimum absolute atomic E-state index is 0.0184. The van der Waals surface area contributed by atoms with Crippen LogP contribution in [0.3, 0.4) is 0 Å². The number of rotatable bonds is 8. The molecule has 0 saturated carbocycles. The molecule has 0 aromatic heterocycles.